The topological polar surface area (TPSA) is 87.8 Å². The summed E-state index contributed by atoms with van der Waals surface area (Å²) in [6, 6.07) is 0. The first kappa shape index (κ1) is 16.5. The normalized spacial score (nSPS) is 12.3. The summed E-state index contributed by atoms with van der Waals surface area (Å²) in [5.41, 5.74) is 5.64. The third-order valence-corrected chi connectivity index (χ3v) is 3.81. The fraction of sp³-hybridized carbons (Fsp3) is 0.667. The number of aryl methyl sites for hydroxylation is 2. The maximum absolute atomic E-state index is 12.7. The summed E-state index contributed by atoms with van der Waals surface area (Å²) >= 11 is 0. The maximum Gasteiger partial charge on any atom is 0.332 e. The van der Waals surface area contributed by atoms with Crippen molar-refractivity contribution in [2.45, 2.75) is 52.6 Å². The zero-order chi connectivity index (χ0) is 16.7. The van der Waals surface area contributed by atoms with Gasteiger partial charge in [-0.15, -0.1) is 0 Å². The van der Waals surface area contributed by atoms with Gasteiger partial charge in [-0.25, -0.2) is 9.78 Å². The molecule has 7 nitrogen and oxygen atoms in total. The van der Waals surface area contributed by atoms with Gasteiger partial charge in [-0.1, -0.05) is 20.8 Å². The van der Waals surface area contributed by atoms with E-state index in [2.05, 4.69) is 4.98 Å². The number of aromatic nitrogens is 4. The predicted molar refractivity (Wildman–Crippen MR) is 87.3 cm³/mol. The number of rotatable bonds is 4. The van der Waals surface area contributed by atoms with Crippen LogP contribution in [-0.4, -0.2) is 25.2 Å². The Kier molecular flexibility index (Phi) is 4.28. The Hall–Kier alpha value is -1.89. The highest BCUT2D eigenvalue weighted by atomic mass is 16.2. The van der Waals surface area contributed by atoms with Crippen molar-refractivity contribution in [3.8, 4) is 0 Å². The number of nitrogens with two attached hydrogens (primary N) is 1. The molecule has 2 aromatic rings. The number of imidazole rings is 1. The van der Waals surface area contributed by atoms with Crippen molar-refractivity contribution >= 4 is 11.2 Å². The van der Waals surface area contributed by atoms with Gasteiger partial charge in [-0.05, 0) is 19.9 Å². The molecular formula is C15H25N5O2. The minimum absolute atomic E-state index is 0.211. The lowest BCUT2D eigenvalue weighted by atomic mass is 9.96. The molecule has 2 aromatic heterocycles. The third-order valence-electron chi connectivity index (χ3n) is 3.81. The van der Waals surface area contributed by atoms with Gasteiger partial charge in [-0.3, -0.25) is 13.9 Å². The van der Waals surface area contributed by atoms with E-state index in [1.54, 1.807) is 4.57 Å². The quantitative estimate of drug-likeness (QED) is 0.894. The standard InChI is InChI=1S/C15H25N5O2/c1-6-19-11-10(18(5)13(17-11)15(2,3)4)12(21)20(14(19)22)9-7-8-16/h6-9,16H2,1-5H3. The van der Waals surface area contributed by atoms with Gasteiger partial charge in [0.1, 0.15) is 5.82 Å². The molecular weight excluding hydrogens is 282 g/mol. The zero-order valence-corrected chi connectivity index (χ0v) is 14.0. The van der Waals surface area contributed by atoms with Crippen molar-refractivity contribution in [3.63, 3.8) is 0 Å². The van der Waals surface area contributed by atoms with E-state index in [1.807, 2.05) is 39.3 Å². The minimum atomic E-state index is -0.313. The van der Waals surface area contributed by atoms with Crippen LogP contribution >= 0.6 is 0 Å². The summed E-state index contributed by atoms with van der Waals surface area (Å²) in [4.78, 5) is 29.9. The molecule has 7 heteroatoms. The van der Waals surface area contributed by atoms with Crippen LogP contribution in [0.5, 0.6) is 0 Å². The van der Waals surface area contributed by atoms with Crippen LogP contribution in [0.4, 0.5) is 0 Å². The van der Waals surface area contributed by atoms with E-state index in [-0.39, 0.29) is 16.7 Å². The molecule has 2 rings (SSSR count). The molecule has 0 fully saturated rings. The SMILES string of the molecule is CCn1c(=O)n(CCCN)c(=O)c2c1nc(C(C)(C)C)n2C. The highest BCUT2D eigenvalue weighted by Crippen LogP contribution is 2.23. The van der Waals surface area contributed by atoms with Gasteiger partial charge in [-0.2, -0.15) is 0 Å². The summed E-state index contributed by atoms with van der Waals surface area (Å²) in [5, 5.41) is 0. The van der Waals surface area contributed by atoms with Crippen molar-refractivity contribution < 1.29 is 0 Å². The van der Waals surface area contributed by atoms with Gasteiger partial charge < -0.3 is 10.3 Å². The number of nitrogens with zero attached hydrogens (tertiary/aromatic N) is 4. The Morgan fingerprint density at radius 3 is 2.32 bits per heavy atom. The lowest BCUT2D eigenvalue weighted by molar-refractivity contribution is 0.526. The molecule has 0 amide bonds. The Balaban J connectivity index is 2.91. The summed E-state index contributed by atoms with van der Waals surface area (Å²) in [5.74, 6) is 0.790. The Morgan fingerprint density at radius 1 is 1.18 bits per heavy atom. The molecule has 0 aromatic carbocycles. The number of hydrogen-bond acceptors (Lipinski definition) is 4. The average molecular weight is 307 g/mol. The van der Waals surface area contributed by atoms with Gasteiger partial charge >= 0.3 is 5.69 Å². The van der Waals surface area contributed by atoms with Crippen molar-refractivity contribution in [3.05, 3.63) is 26.7 Å². The summed E-state index contributed by atoms with van der Waals surface area (Å²) < 4.78 is 4.64. The lowest BCUT2D eigenvalue weighted by Gasteiger charge is -2.17. The van der Waals surface area contributed by atoms with Crippen molar-refractivity contribution in [2.24, 2.45) is 12.8 Å². The van der Waals surface area contributed by atoms with Gasteiger partial charge in [0.15, 0.2) is 11.2 Å². The predicted octanol–water partition coefficient (Wildman–Crippen LogP) is 0.563. The second-order valence-corrected chi connectivity index (χ2v) is 6.54. The van der Waals surface area contributed by atoms with Crippen molar-refractivity contribution in [2.75, 3.05) is 6.54 Å². The van der Waals surface area contributed by atoms with Crippen LogP contribution in [0.2, 0.25) is 0 Å². The van der Waals surface area contributed by atoms with Gasteiger partial charge in [0.2, 0.25) is 0 Å². The number of hydrogen-bond donors (Lipinski definition) is 1. The van der Waals surface area contributed by atoms with Crippen LogP contribution in [-0.2, 0) is 25.6 Å². The van der Waals surface area contributed by atoms with Crippen LogP contribution in [0, 0.1) is 0 Å². The zero-order valence-electron chi connectivity index (χ0n) is 14.0. The van der Waals surface area contributed by atoms with E-state index in [4.69, 9.17) is 5.73 Å². The van der Waals surface area contributed by atoms with Gasteiger partial charge in [0.05, 0.1) is 0 Å². The van der Waals surface area contributed by atoms with Crippen LogP contribution in [0.25, 0.3) is 11.2 Å². The van der Waals surface area contributed by atoms with E-state index in [0.29, 0.717) is 37.2 Å². The van der Waals surface area contributed by atoms with Crippen molar-refractivity contribution in [1.29, 1.82) is 0 Å². The summed E-state index contributed by atoms with van der Waals surface area (Å²) in [6.07, 6.45) is 0.592. The second kappa shape index (κ2) is 5.72. The minimum Gasteiger partial charge on any atom is -0.330 e. The van der Waals surface area contributed by atoms with Crippen molar-refractivity contribution in [1.82, 2.24) is 18.7 Å². The first-order valence-corrected chi connectivity index (χ1v) is 7.64. The molecule has 2 N–H and O–H groups in total. The Labute approximate surface area is 129 Å². The summed E-state index contributed by atoms with van der Waals surface area (Å²) in [7, 11) is 1.83. The Bertz CT molecular complexity index is 804. The molecule has 0 aliphatic rings. The molecule has 0 atom stereocenters. The lowest BCUT2D eigenvalue weighted by Crippen LogP contribution is -2.40. The van der Waals surface area contributed by atoms with E-state index in [0.717, 1.165) is 5.82 Å². The monoisotopic (exact) mass is 307 g/mol. The Morgan fingerprint density at radius 2 is 1.82 bits per heavy atom. The van der Waals surface area contributed by atoms with Gasteiger partial charge in [0, 0.05) is 25.6 Å². The van der Waals surface area contributed by atoms with E-state index in [1.165, 1.54) is 4.57 Å². The first-order chi connectivity index (χ1) is 10.2. The second-order valence-electron chi connectivity index (χ2n) is 6.54. The molecule has 0 radical (unpaired) electrons. The van der Waals surface area contributed by atoms with E-state index < -0.39 is 0 Å². The average Bonchev–Trinajstić information content (AvgIpc) is 2.77. The van der Waals surface area contributed by atoms with Crippen LogP contribution in [0.3, 0.4) is 0 Å². The van der Waals surface area contributed by atoms with Crippen LogP contribution in [0.15, 0.2) is 9.59 Å². The van der Waals surface area contributed by atoms with E-state index in [9.17, 15) is 9.59 Å². The van der Waals surface area contributed by atoms with Crippen LogP contribution in [0.1, 0.15) is 39.9 Å². The molecule has 0 saturated heterocycles. The van der Waals surface area contributed by atoms with Crippen LogP contribution < -0.4 is 17.0 Å². The molecule has 0 spiro atoms. The van der Waals surface area contributed by atoms with Gasteiger partial charge in [0.25, 0.3) is 5.56 Å². The molecule has 2 heterocycles. The molecule has 0 aliphatic heterocycles. The third kappa shape index (κ3) is 2.49. The molecule has 0 saturated carbocycles. The highest BCUT2D eigenvalue weighted by Gasteiger charge is 2.25. The molecule has 22 heavy (non-hydrogen) atoms. The number of fused-ring (bicyclic) bond motifs is 1. The summed E-state index contributed by atoms with van der Waals surface area (Å²) in [6.45, 7) is 9.23. The molecule has 122 valence electrons. The molecule has 0 aliphatic carbocycles. The fourth-order valence-electron chi connectivity index (χ4n) is 2.76. The largest absolute Gasteiger partial charge is 0.332 e. The molecule has 0 unspecified atom stereocenters. The van der Waals surface area contributed by atoms with E-state index >= 15 is 0 Å². The highest BCUT2D eigenvalue weighted by molar-refractivity contribution is 5.71. The maximum atomic E-state index is 12.7. The molecule has 0 bridgehead atoms. The first-order valence-electron chi connectivity index (χ1n) is 7.64. The fourth-order valence-corrected chi connectivity index (χ4v) is 2.76. The smallest absolute Gasteiger partial charge is 0.330 e.